The Balaban J connectivity index is 1.61. The van der Waals surface area contributed by atoms with Crippen LogP contribution in [0.4, 0.5) is 0 Å². The molecule has 3 rings (SSSR count). The summed E-state index contributed by atoms with van der Waals surface area (Å²) in [4.78, 5) is 30.1. The minimum absolute atomic E-state index is 0.0197. The van der Waals surface area contributed by atoms with E-state index in [1.165, 1.54) is 30.0 Å². The van der Waals surface area contributed by atoms with Gasteiger partial charge in [-0.05, 0) is 18.9 Å². The van der Waals surface area contributed by atoms with Gasteiger partial charge < -0.3 is 10.1 Å². The van der Waals surface area contributed by atoms with Gasteiger partial charge in [-0.2, -0.15) is 0 Å². The van der Waals surface area contributed by atoms with E-state index in [0.717, 1.165) is 39.1 Å². The summed E-state index contributed by atoms with van der Waals surface area (Å²) in [6.45, 7) is 4.05. The minimum atomic E-state index is -0.395. The van der Waals surface area contributed by atoms with Crippen LogP contribution in [0, 0.1) is 0 Å². The predicted octanol–water partition coefficient (Wildman–Crippen LogP) is 0.395. The summed E-state index contributed by atoms with van der Waals surface area (Å²) in [6, 6.07) is 1.66. The molecule has 1 aromatic rings. The van der Waals surface area contributed by atoms with Crippen molar-refractivity contribution >= 4 is 5.91 Å². The van der Waals surface area contributed by atoms with Crippen molar-refractivity contribution in [1.82, 2.24) is 19.8 Å². The zero-order valence-corrected chi connectivity index (χ0v) is 14.1. The molecular formula is C17H26N4O3. The molecule has 0 bridgehead atoms. The van der Waals surface area contributed by atoms with Crippen LogP contribution in [0.15, 0.2) is 23.3 Å². The van der Waals surface area contributed by atoms with E-state index in [-0.39, 0.29) is 18.0 Å². The second kappa shape index (κ2) is 7.90. The smallest absolute Gasteiger partial charge is 0.347 e. The Morgan fingerprint density at radius 3 is 2.71 bits per heavy atom. The van der Waals surface area contributed by atoms with Crippen LogP contribution in [0.5, 0.6) is 0 Å². The van der Waals surface area contributed by atoms with Gasteiger partial charge >= 0.3 is 5.69 Å². The standard InChI is InChI=1S/C17H26N4O3/c22-15(13-20-8-4-7-18-16(20)23)19-14-17(5-2-1-3-6-17)21-9-11-24-12-10-21/h4,7-8H,1-3,5-6,9-14H2,(H,19,22). The van der Waals surface area contributed by atoms with E-state index in [9.17, 15) is 9.59 Å². The molecule has 0 atom stereocenters. The monoisotopic (exact) mass is 334 g/mol. The van der Waals surface area contributed by atoms with Gasteiger partial charge in [0.15, 0.2) is 0 Å². The van der Waals surface area contributed by atoms with Gasteiger partial charge in [-0.1, -0.05) is 19.3 Å². The second-order valence-corrected chi connectivity index (χ2v) is 6.69. The van der Waals surface area contributed by atoms with Crippen molar-refractivity contribution < 1.29 is 9.53 Å². The van der Waals surface area contributed by atoms with E-state index in [0.29, 0.717) is 6.54 Å². The molecular weight excluding hydrogens is 308 g/mol. The highest BCUT2D eigenvalue weighted by Gasteiger charge is 2.38. The first kappa shape index (κ1) is 17.1. The topological polar surface area (TPSA) is 76.5 Å². The zero-order valence-electron chi connectivity index (χ0n) is 14.1. The molecule has 7 heteroatoms. The Bertz CT molecular complexity index is 604. The molecule has 132 valence electrons. The maximum Gasteiger partial charge on any atom is 0.347 e. The molecule has 24 heavy (non-hydrogen) atoms. The highest BCUT2D eigenvalue weighted by Crippen LogP contribution is 2.33. The molecule has 2 fully saturated rings. The van der Waals surface area contributed by atoms with Crippen molar-refractivity contribution in [1.29, 1.82) is 0 Å². The van der Waals surface area contributed by atoms with Gasteiger partial charge in [0, 0.05) is 37.6 Å². The third kappa shape index (κ3) is 4.02. The highest BCUT2D eigenvalue weighted by atomic mass is 16.5. The molecule has 2 heterocycles. The molecule has 1 aliphatic heterocycles. The summed E-state index contributed by atoms with van der Waals surface area (Å²) in [7, 11) is 0. The van der Waals surface area contributed by atoms with Crippen molar-refractivity contribution in [2.45, 2.75) is 44.2 Å². The molecule has 0 unspecified atom stereocenters. The normalized spacial score (nSPS) is 21.3. The Kier molecular flexibility index (Phi) is 5.63. The lowest BCUT2D eigenvalue weighted by Crippen LogP contribution is -2.59. The Hall–Kier alpha value is -1.73. The van der Waals surface area contributed by atoms with Crippen LogP contribution in [0.1, 0.15) is 32.1 Å². The number of hydrogen-bond acceptors (Lipinski definition) is 5. The van der Waals surface area contributed by atoms with Gasteiger partial charge in [0.25, 0.3) is 0 Å². The zero-order chi connectivity index (χ0) is 16.8. The van der Waals surface area contributed by atoms with Crippen molar-refractivity contribution in [3.63, 3.8) is 0 Å². The minimum Gasteiger partial charge on any atom is -0.379 e. The SMILES string of the molecule is O=C(Cn1cccnc1=O)NCC1(N2CCOCC2)CCCCC1. The summed E-state index contributed by atoms with van der Waals surface area (Å²) in [5, 5.41) is 3.06. The molecule has 1 amide bonds. The maximum absolute atomic E-state index is 12.3. The largest absolute Gasteiger partial charge is 0.379 e. The first-order valence-corrected chi connectivity index (χ1v) is 8.81. The van der Waals surface area contributed by atoms with E-state index in [1.807, 2.05) is 0 Å². The lowest BCUT2D eigenvalue weighted by atomic mass is 9.79. The van der Waals surface area contributed by atoms with Crippen molar-refractivity contribution in [2.75, 3.05) is 32.8 Å². The molecule has 0 radical (unpaired) electrons. The fraction of sp³-hybridized carbons (Fsp3) is 0.706. The Morgan fingerprint density at radius 2 is 2.00 bits per heavy atom. The number of aromatic nitrogens is 2. The third-order valence-electron chi connectivity index (χ3n) is 5.18. The summed E-state index contributed by atoms with van der Waals surface area (Å²) in [5.74, 6) is -0.136. The van der Waals surface area contributed by atoms with E-state index in [2.05, 4.69) is 15.2 Å². The van der Waals surface area contributed by atoms with E-state index in [1.54, 1.807) is 12.3 Å². The summed E-state index contributed by atoms with van der Waals surface area (Å²) in [5.41, 5.74) is -0.356. The van der Waals surface area contributed by atoms with Crippen LogP contribution >= 0.6 is 0 Å². The highest BCUT2D eigenvalue weighted by molar-refractivity contribution is 5.75. The first-order valence-electron chi connectivity index (χ1n) is 8.81. The first-order chi connectivity index (χ1) is 11.7. The van der Waals surface area contributed by atoms with Gasteiger partial charge in [0.05, 0.1) is 13.2 Å². The summed E-state index contributed by atoms with van der Waals surface area (Å²) < 4.78 is 6.81. The molecule has 0 aromatic carbocycles. The number of nitrogens with one attached hydrogen (secondary N) is 1. The number of hydrogen-bond donors (Lipinski definition) is 1. The number of morpholine rings is 1. The number of carbonyl (C=O) groups excluding carboxylic acids is 1. The fourth-order valence-corrected chi connectivity index (χ4v) is 3.83. The summed E-state index contributed by atoms with van der Waals surface area (Å²) >= 11 is 0. The molecule has 2 aliphatic rings. The number of rotatable bonds is 5. The number of ether oxygens (including phenoxy) is 1. The van der Waals surface area contributed by atoms with Crippen LogP contribution < -0.4 is 11.0 Å². The lowest BCUT2D eigenvalue weighted by molar-refractivity contribution is -0.123. The third-order valence-corrected chi connectivity index (χ3v) is 5.18. The van der Waals surface area contributed by atoms with Gasteiger partial charge in [-0.15, -0.1) is 0 Å². The van der Waals surface area contributed by atoms with Crippen LogP contribution in [0.2, 0.25) is 0 Å². The van der Waals surface area contributed by atoms with Crippen LogP contribution in [0.3, 0.4) is 0 Å². The molecule has 1 aromatic heterocycles. The van der Waals surface area contributed by atoms with Gasteiger partial charge in [-0.25, -0.2) is 9.78 Å². The second-order valence-electron chi connectivity index (χ2n) is 6.69. The lowest BCUT2D eigenvalue weighted by Gasteiger charge is -2.48. The average Bonchev–Trinajstić information content (AvgIpc) is 2.63. The van der Waals surface area contributed by atoms with Crippen molar-refractivity contribution in [3.8, 4) is 0 Å². The average molecular weight is 334 g/mol. The summed E-state index contributed by atoms with van der Waals surface area (Å²) in [6.07, 6.45) is 8.93. The molecule has 7 nitrogen and oxygen atoms in total. The van der Waals surface area contributed by atoms with Gasteiger partial charge in [-0.3, -0.25) is 14.3 Å². The van der Waals surface area contributed by atoms with Crippen molar-refractivity contribution in [3.05, 3.63) is 28.9 Å². The fourth-order valence-electron chi connectivity index (χ4n) is 3.83. The Morgan fingerprint density at radius 1 is 1.25 bits per heavy atom. The predicted molar refractivity (Wildman–Crippen MR) is 89.7 cm³/mol. The number of nitrogens with zero attached hydrogens (tertiary/aromatic N) is 3. The Labute approximate surface area is 142 Å². The van der Waals surface area contributed by atoms with Crippen LogP contribution in [-0.4, -0.2) is 58.7 Å². The molecule has 1 N–H and O–H groups in total. The van der Waals surface area contributed by atoms with E-state index >= 15 is 0 Å². The van der Waals surface area contributed by atoms with Gasteiger partial charge in [0.2, 0.25) is 5.91 Å². The number of amides is 1. The van der Waals surface area contributed by atoms with E-state index < -0.39 is 5.69 Å². The van der Waals surface area contributed by atoms with Crippen LogP contribution in [-0.2, 0) is 16.1 Å². The molecule has 1 saturated carbocycles. The quantitative estimate of drug-likeness (QED) is 0.843. The molecule has 0 spiro atoms. The van der Waals surface area contributed by atoms with Crippen LogP contribution in [0.25, 0.3) is 0 Å². The maximum atomic E-state index is 12.3. The molecule has 1 saturated heterocycles. The number of carbonyl (C=O) groups is 1. The van der Waals surface area contributed by atoms with E-state index in [4.69, 9.17) is 4.74 Å². The van der Waals surface area contributed by atoms with Gasteiger partial charge in [0.1, 0.15) is 6.54 Å². The molecule has 1 aliphatic carbocycles. The van der Waals surface area contributed by atoms with Crippen molar-refractivity contribution in [2.24, 2.45) is 0 Å².